The largest absolute Gasteiger partial charge is 0.398 e. The van der Waals surface area contributed by atoms with E-state index >= 15 is 0 Å². The van der Waals surface area contributed by atoms with Crippen molar-refractivity contribution in [3.05, 3.63) is 70.8 Å². The number of Topliss-reactive ketones (excluding diaryl/α,β-unsaturated/α-hetero) is 1. The second-order valence-electron chi connectivity index (χ2n) is 5.82. The molecule has 0 fully saturated rings. The molecule has 0 amide bonds. The van der Waals surface area contributed by atoms with Crippen LogP contribution in [0.5, 0.6) is 0 Å². The molecular weight excluding hydrogens is 344 g/mol. The Morgan fingerprint density at radius 2 is 1.58 bits per heavy atom. The van der Waals surface area contributed by atoms with E-state index in [0.717, 1.165) is 5.39 Å². The van der Waals surface area contributed by atoms with E-state index in [1.807, 2.05) is 30.5 Å². The molecule has 3 aromatic rings. The Morgan fingerprint density at radius 3 is 2.12 bits per heavy atom. The summed E-state index contributed by atoms with van der Waals surface area (Å²) in [6, 6.07) is 16.0. The summed E-state index contributed by atoms with van der Waals surface area (Å²) in [6.07, 6.45) is 1.82. The van der Waals surface area contributed by atoms with Gasteiger partial charge in [0.1, 0.15) is 6.07 Å². The maximum atomic E-state index is 13.2. The first kappa shape index (κ1) is 17.7. The second kappa shape index (κ2) is 7.03. The lowest BCUT2D eigenvalue weighted by atomic mass is 9.93. The number of anilines is 1. The third-order valence-electron chi connectivity index (χ3n) is 4.31. The Labute approximate surface area is 155 Å². The predicted octanol–water partition coefficient (Wildman–Crippen LogP) is 4.45. The highest BCUT2D eigenvalue weighted by atomic mass is 32.2. The number of nitrogen functional groups attached to an aromatic ring is 1. The molecule has 0 saturated heterocycles. The van der Waals surface area contributed by atoms with Crippen LogP contribution < -0.4 is 5.73 Å². The van der Waals surface area contributed by atoms with Gasteiger partial charge in [-0.05, 0) is 13.2 Å². The number of ketones is 2. The number of thioether (sulfide) groups is 1. The zero-order valence-electron chi connectivity index (χ0n) is 14.4. The van der Waals surface area contributed by atoms with Gasteiger partial charge < -0.3 is 5.73 Å². The van der Waals surface area contributed by atoms with Crippen LogP contribution in [0.3, 0.4) is 0 Å². The summed E-state index contributed by atoms with van der Waals surface area (Å²) in [5.41, 5.74) is 8.45. The third kappa shape index (κ3) is 2.85. The minimum Gasteiger partial charge on any atom is -0.398 e. The monoisotopic (exact) mass is 360 g/mol. The maximum Gasteiger partial charge on any atom is 0.196 e. The highest BCUT2D eigenvalue weighted by Crippen LogP contribution is 2.38. The Bertz CT molecular complexity index is 1080. The predicted molar refractivity (Wildman–Crippen MR) is 105 cm³/mol. The number of carbonyl (C=O) groups excluding carboxylic acids is 2. The molecule has 128 valence electrons. The number of nitrogens with two attached hydrogens (primary N) is 1. The number of hydrogen-bond donors (Lipinski definition) is 1. The first-order valence-electron chi connectivity index (χ1n) is 7.93. The van der Waals surface area contributed by atoms with Crippen LogP contribution in [0.4, 0.5) is 5.69 Å². The molecule has 0 atom stereocenters. The number of fused-ring (bicyclic) bond motifs is 1. The molecule has 0 spiro atoms. The number of carbonyl (C=O) groups is 2. The van der Waals surface area contributed by atoms with Crippen LogP contribution >= 0.6 is 11.8 Å². The van der Waals surface area contributed by atoms with Crippen LogP contribution in [0.1, 0.15) is 38.8 Å². The average Bonchev–Trinajstić information content (AvgIpc) is 2.67. The van der Waals surface area contributed by atoms with Crippen LogP contribution in [0.15, 0.2) is 53.4 Å². The smallest absolute Gasteiger partial charge is 0.196 e. The number of nitriles is 1. The first-order chi connectivity index (χ1) is 12.5. The van der Waals surface area contributed by atoms with E-state index in [1.54, 1.807) is 24.3 Å². The van der Waals surface area contributed by atoms with Gasteiger partial charge in [-0.1, -0.05) is 48.5 Å². The zero-order chi connectivity index (χ0) is 18.8. The normalized spacial score (nSPS) is 10.5. The second-order valence-corrected chi connectivity index (χ2v) is 6.63. The molecule has 0 aliphatic carbocycles. The molecule has 2 N–H and O–H groups in total. The van der Waals surface area contributed by atoms with Crippen molar-refractivity contribution in [3.63, 3.8) is 0 Å². The van der Waals surface area contributed by atoms with E-state index in [0.29, 0.717) is 38.2 Å². The molecule has 0 aliphatic rings. The van der Waals surface area contributed by atoms with Crippen LogP contribution in [0.25, 0.3) is 10.8 Å². The van der Waals surface area contributed by atoms with Gasteiger partial charge in [0.15, 0.2) is 11.6 Å². The molecule has 0 heterocycles. The number of rotatable bonds is 4. The topological polar surface area (TPSA) is 83.9 Å². The van der Waals surface area contributed by atoms with Crippen molar-refractivity contribution in [1.29, 1.82) is 5.26 Å². The van der Waals surface area contributed by atoms with Gasteiger partial charge in [-0.15, -0.1) is 11.8 Å². The van der Waals surface area contributed by atoms with Crippen molar-refractivity contribution in [3.8, 4) is 6.07 Å². The quantitative estimate of drug-likeness (QED) is 0.422. The summed E-state index contributed by atoms with van der Waals surface area (Å²) in [5, 5.41) is 11.1. The van der Waals surface area contributed by atoms with Crippen molar-refractivity contribution >= 4 is 39.8 Å². The van der Waals surface area contributed by atoms with Crippen LogP contribution in [0.2, 0.25) is 0 Å². The van der Waals surface area contributed by atoms with E-state index in [4.69, 9.17) is 5.73 Å². The third-order valence-corrected chi connectivity index (χ3v) is 5.12. The standard InChI is InChI=1S/C21H16N2O2S/c1-12(24)13-7-9-14(10-8-13)20(25)18-19(23)16-6-4-3-5-15(16)17(11-22)21(18)26-2/h3-10H,23H2,1-2H3. The summed E-state index contributed by atoms with van der Waals surface area (Å²) in [5.74, 6) is -0.324. The fourth-order valence-electron chi connectivity index (χ4n) is 2.98. The summed E-state index contributed by atoms with van der Waals surface area (Å²) >= 11 is 1.33. The summed E-state index contributed by atoms with van der Waals surface area (Å²) in [4.78, 5) is 25.2. The highest BCUT2D eigenvalue weighted by molar-refractivity contribution is 7.98. The van der Waals surface area contributed by atoms with Crippen molar-refractivity contribution in [2.24, 2.45) is 0 Å². The minimum absolute atomic E-state index is 0.0641. The molecule has 0 aromatic heterocycles. The molecule has 26 heavy (non-hydrogen) atoms. The van der Waals surface area contributed by atoms with Crippen LogP contribution in [-0.4, -0.2) is 17.8 Å². The average molecular weight is 360 g/mol. The number of hydrogen-bond acceptors (Lipinski definition) is 5. The molecular formula is C21H16N2O2S. The van der Waals surface area contributed by atoms with Crippen molar-refractivity contribution < 1.29 is 9.59 Å². The molecule has 3 aromatic carbocycles. The fourth-order valence-corrected chi connectivity index (χ4v) is 3.75. The molecule has 0 bridgehead atoms. The van der Waals surface area contributed by atoms with Gasteiger partial charge in [0.2, 0.25) is 0 Å². The van der Waals surface area contributed by atoms with Crippen molar-refractivity contribution in [2.75, 3.05) is 12.0 Å². The lowest BCUT2D eigenvalue weighted by Crippen LogP contribution is -2.10. The zero-order valence-corrected chi connectivity index (χ0v) is 15.2. The van der Waals surface area contributed by atoms with Crippen molar-refractivity contribution in [1.82, 2.24) is 0 Å². The Morgan fingerprint density at radius 1 is 1.00 bits per heavy atom. The van der Waals surface area contributed by atoms with Gasteiger partial charge in [0.05, 0.1) is 16.8 Å². The van der Waals surface area contributed by atoms with Crippen LogP contribution in [-0.2, 0) is 0 Å². The lowest BCUT2D eigenvalue weighted by molar-refractivity contribution is 0.101. The molecule has 0 saturated carbocycles. The molecule has 0 unspecified atom stereocenters. The van der Waals surface area contributed by atoms with Crippen LogP contribution in [0, 0.1) is 11.3 Å². The van der Waals surface area contributed by atoms with Gasteiger partial charge in [-0.2, -0.15) is 5.26 Å². The molecule has 5 heteroatoms. The van der Waals surface area contributed by atoms with E-state index in [1.165, 1.54) is 18.7 Å². The summed E-state index contributed by atoms with van der Waals surface area (Å²) in [7, 11) is 0. The van der Waals surface area contributed by atoms with Gasteiger partial charge >= 0.3 is 0 Å². The molecule has 0 radical (unpaired) electrons. The van der Waals surface area contributed by atoms with Gasteiger partial charge in [-0.3, -0.25) is 9.59 Å². The SMILES string of the molecule is CSc1c(C(=O)c2ccc(C(C)=O)cc2)c(N)c2ccccc2c1C#N. The fraction of sp³-hybridized carbons (Fsp3) is 0.0952. The minimum atomic E-state index is -0.260. The molecule has 3 rings (SSSR count). The lowest BCUT2D eigenvalue weighted by Gasteiger charge is -2.15. The Balaban J connectivity index is 2.27. The van der Waals surface area contributed by atoms with E-state index in [-0.39, 0.29) is 11.6 Å². The van der Waals surface area contributed by atoms with E-state index < -0.39 is 0 Å². The van der Waals surface area contributed by atoms with Gasteiger partial charge in [0.25, 0.3) is 0 Å². The maximum absolute atomic E-state index is 13.2. The first-order valence-corrected chi connectivity index (χ1v) is 9.16. The van der Waals surface area contributed by atoms with Crippen molar-refractivity contribution in [2.45, 2.75) is 11.8 Å². The van der Waals surface area contributed by atoms with Gasteiger partial charge in [0, 0.05) is 26.8 Å². The Kier molecular flexibility index (Phi) is 4.79. The van der Waals surface area contributed by atoms with E-state index in [2.05, 4.69) is 6.07 Å². The number of nitrogens with zero attached hydrogens (tertiary/aromatic N) is 1. The molecule has 4 nitrogen and oxygen atoms in total. The summed E-state index contributed by atoms with van der Waals surface area (Å²) < 4.78 is 0. The highest BCUT2D eigenvalue weighted by Gasteiger charge is 2.23. The Hall–Kier alpha value is -3.10. The summed E-state index contributed by atoms with van der Waals surface area (Å²) in [6.45, 7) is 1.48. The molecule has 0 aliphatic heterocycles. The van der Waals surface area contributed by atoms with E-state index in [9.17, 15) is 14.9 Å². The van der Waals surface area contributed by atoms with Gasteiger partial charge in [-0.25, -0.2) is 0 Å². The number of benzene rings is 3.